The molecule has 4 saturated carbocycles. The molecule has 4 bridgehead atoms. The van der Waals surface area contributed by atoms with Gasteiger partial charge < -0.3 is 5.32 Å². The Labute approximate surface area is 131 Å². The molecule has 0 spiro atoms. The van der Waals surface area contributed by atoms with E-state index in [0.717, 1.165) is 29.2 Å². The zero-order valence-corrected chi connectivity index (χ0v) is 13.2. The van der Waals surface area contributed by atoms with Crippen LogP contribution >= 0.6 is 11.6 Å². The van der Waals surface area contributed by atoms with Crippen LogP contribution in [0.2, 0.25) is 5.02 Å². The summed E-state index contributed by atoms with van der Waals surface area (Å²) in [5.74, 6) is 3.92. The second kappa shape index (κ2) is 5.24. The SMILES string of the molecule is CNC(c1ccc(Cl)cc1F)C1C2CC3CC(C2)CC1C3. The Morgan fingerprint density at radius 1 is 1.10 bits per heavy atom. The monoisotopic (exact) mass is 307 g/mol. The molecule has 1 nitrogen and oxygen atoms in total. The van der Waals surface area contributed by atoms with Gasteiger partial charge >= 0.3 is 0 Å². The van der Waals surface area contributed by atoms with Crippen LogP contribution in [0.3, 0.4) is 0 Å². The summed E-state index contributed by atoms with van der Waals surface area (Å²) in [6.07, 6.45) is 6.92. The molecule has 1 aromatic rings. The van der Waals surface area contributed by atoms with E-state index < -0.39 is 0 Å². The van der Waals surface area contributed by atoms with Crippen molar-refractivity contribution in [3.05, 3.63) is 34.6 Å². The van der Waals surface area contributed by atoms with E-state index in [2.05, 4.69) is 5.32 Å². The van der Waals surface area contributed by atoms with Crippen molar-refractivity contribution in [3.8, 4) is 0 Å². The molecule has 21 heavy (non-hydrogen) atoms. The molecule has 1 N–H and O–H groups in total. The first-order chi connectivity index (χ1) is 10.2. The van der Waals surface area contributed by atoms with Crippen molar-refractivity contribution in [2.75, 3.05) is 7.05 Å². The highest BCUT2D eigenvalue weighted by molar-refractivity contribution is 6.30. The average molecular weight is 308 g/mol. The van der Waals surface area contributed by atoms with Crippen molar-refractivity contribution in [2.45, 2.75) is 38.1 Å². The van der Waals surface area contributed by atoms with Crippen LogP contribution in [-0.4, -0.2) is 7.05 Å². The molecule has 0 saturated heterocycles. The van der Waals surface area contributed by atoms with Crippen molar-refractivity contribution in [1.82, 2.24) is 5.32 Å². The lowest BCUT2D eigenvalue weighted by molar-refractivity contribution is -0.0519. The number of hydrogen-bond donors (Lipinski definition) is 1. The fraction of sp³-hybridized carbons (Fsp3) is 0.667. The molecule has 0 radical (unpaired) electrons. The van der Waals surface area contributed by atoms with Crippen molar-refractivity contribution in [2.24, 2.45) is 29.6 Å². The van der Waals surface area contributed by atoms with E-state index in [1.165, 1.54) is 38.2 Å². The number of benzene rings is 1. The van der Waals surface area contributed by atoms with Crippen molar-refractivity contribution in [1.29, 1.82) is 0 Å². The molecule has 0 aromatic heterocycles. The molecule has 4 fully saturated rings. The maximum atomic E-state index is 14.4. The largest absolute Gasteiger partial charge is 0.313 e. The van der Waals surface area contributed by atoms with Crippen molar-refractivity contribution < 1.29 is 4.39 Å². The van der Waals surface area contributed by atoms with Gasteiger partial charge in [0, 0.05) is 16.6 Å². The molecular formula is C18H23ClFN. The summed E-state index contributed by atoms with van der Waals surface area (Å²) in [5, 5.41) is 3.91. The lowest BCUT2D eigenvalue weighted by atomic mass is 9.50. The lowest BCUT2D eigenvalue weighted by Crippen LogP contribution is -2.49. The van der Waals surface area contributed by atoms with E-state index in [1.54, 1.807) is 0 Å². The minimum atomic E-state index is -0.157. The highest BCUT2D eigenvalue weighted by Gasteiger charge is 2.50. The maximum absolute atomic E-state index is 14.4. The molecule has 5 rings (SSSR count). The molecule has 4 aliphatic carbocycles. The van der Waals surface area contributed by atoms with Crippen LogP contribution in [0.5, 0.6) is 0 Å². The van der Waals surface area contributed by atoms with Gasteiger partial charge in [-0.2, -0.15) is 0 Å². The Bertz CT molecular complexity index is 516. The third kappa shape index (κ3) is 2.31. The molecule has 3 heteroatoms. The first-order valence-corrected chi connectivity index (χ1v) is 8.65. The van der Waals surface area contributed by atoms with Gasteiger partial charge in [0.2, 0.25) is 0 Å². The zero-order valence-electron chi connectivity index (χ0n) is 12.5. The third-order valence-corrected chi connectivity index (χ3v) is 6.53. The highest BCUT2D eigenvalue weighted by atomic mass is 35.5. The van der Waals surface area contributed by atoms with E-state index in [0.29, 0.717) is 10.9 Å². The van der Waals surface area contributed by atoms with Gasteiger partial charge in [-0.3, -0.25) is 0 Å². The van der Waals surface area contributed by atoms with Gasteiger partial charge in [-0.25, -0.2) is 4.39 Å². The molecular weight excluding hydrogens is 285 g/mol. The van der Waals surface area contributed by atoms with Crippen LogP contribution in [-0.2, 0) is 0 Å². The number of nitrogens with one attached hydrogen (secondary N) is 1. The van der Waals surface area contributed by atoms with Crippen LogP contribution in [0.4, 0.5) is 4.39 Å². The summed E-state index contributed by atoms with van der Waals surface area (Å²) in [4.78, 5) is 0. The van der Waals surface area contributed by atoms with Gasteiger partial charge in [-0.15, -0.1) is 0 Å². The Morgan fingerprint density at radius 3 is 2.24 bits per heavy atom. The molecule has 114 valence electrons. The van der Waals surface area contributed by atoms with Crippen LogP contribution < -0.4 is 5.32 Å². The summed E-state index contributed by atoms with van der Waals surface area (Å²) >= 11 is 5.91. The van der Waals surface area contributed by atoms with Crippen molar-refractivity contribution >= 4 is 11.6 Å². The first kappa shape index (κ1) is 14.0. The van der Waals surface area contributed by atoms with Gasteiger partial charge in [0.05, 0.1) is 0 Å². The lowest BCUT2D eigenvalue weighted by Gasteiger charge is -2.56. The quantitative estimate of drug-likeness (QED) is 0.845. The van der Waals surface area contributed by atoms with Gasteiger partial charge in [0.1, 0.15) is 5.82 Å². The summed E-state index contributed by atoms with van der Waals surface area (Å²) in [6.45, 7) is 0. The van der Waals surface area contributed by atoms with Gasteiger partial charge in [0.15, 0.2) is 0 Å². The number of hydrogen-bond acceptors (Lipinski definition) is 1. The standard InChI is InChI=1S/C18H23ClFN/c1-21-18(15-3-2-14(19)9-16(15)20)17-12-5-10-4-11(7-12)8-13(17)6-10/h2-3,9-13,17-18,21H,4-8H2,1H3. The summed E-state index contributed by atoms with van der Waals surface area (Å²) in [7, 11) is 1.98. The van der Waals surface area contributed by atoms with E-state index in [-0.39, 0.29) is 11.9 Å². The average Bonchev–Trinajstić information content (AvgIpc) is 2.43. The predicted molar refractivity (Wildman–Crippen MR) is 83.7 cm³/mol. The normalized spacial score (nSPS) is 38.7. The Morgan fingerprint density at radius 2 is 1.71 bits per heavy atom. The molecule has 1 unspecified atom stereocenters. The number of rotatable bonds is 3. The Kier molecular flexibility index (Phi) is 3.50. The van der Waals surface area contributed by atoms with Crippen LogP contribution in [0.15, 0.2) is 18.2 Å². The molecule has 0 aliphatic heterocycles. The predicted octanol–water partition coefficient (Wildman–Crippen LogP) is 4.81. The fourth-order valence-corrected chi connectivity index (χ4v) is 5.98. The van der Waals surface area contributed by atoms with Crippen LogP contribution in [0.1, 0.15) is 43.7 Å². The summed E-state index contributed by atoms with van der Waals surface area (Å²) < 4.78 is 14.4. The molecule has 1 atom stereocenters. The minimum absolute atomic E-state index is 0.136. The minimum Gasteiger partial charge on any atom is -0.313 e. The van der Waals surface area contributed by atoms with Crippen LogP contribution in [0.25, 0.3) is 0 Å². The number of halogens is 2. The van der Waals surface area contributed by atoms with E-state index in [9.17, 15) is 4.39 Å². The van der Waals surface area contributed by atoms with E-state index >= 15 is 0 Å². The second-order valence-corrected chi connectivity index (χ2v) is 7.88. The smallest absolute Gasteiger partial charge is 0.129 e. The summed E-state index contributed by atoms with van der Waals surface area (Å²) in [6, 6.07) is 5.29. The molecule has 4 aliphatic rings. The van der Waals surface area contributed by atoms with Crippen molar-refractivity contribution in [3.63, 3.8) is 0 Å². The zero-order chi connectivity index (χ0) is 14.6. The highest BCUT2D eigenvalue weighted by Crippen LogP contribution is 2.59. The Hall–Kier alpha value is -0.600. The molecule has 0 amide bonds. The molecule has 0 heterocycles. The van der Waals surface area contributed by atoms with E-state index in [1.807, 2.05) is 19.2 Å². The van der Waals surface area contributed by atoms with E-state index in [4.69, 9.17) is 11.6 Å². The molecule has 1 aromatic carbocycles. The first-order valence-electron chi connectivity index (χ1n) is 8.28. The topological polar surface area (TPSA) is 12.0 Å². The second-order valence-electron chi connectivity index (χ2n) is 7.44. The maximum Gasteiger partial charge on any atom is 0.129 e. The van der Waals surface area contributed by atoms with Crippen LogP contribution in [0, 0.1) is 35.4 Å². The Balaban J connectivity index is 1.67. The van der Waals surface area contributed by atoms with Gasteiger partial charge in [-0.05, 0) is 80.9 Å². The third-order valence-electron chi connectivity index (χ3n) is 6.29. The van der Waals surface area contributed by atoms with Gasteiger partial charge in [-0.1, -0.05) is 17.7 Å². The summed E-state index contributed by atoms with van der Waals surface area (Å²) in [5.41, 5.74) is 0.805. The van der Waals surface area contributed by atoms with Gasteiger partial charge in [0.25, 0.3) is 0 Å². The fourth-order valence-electron chi connectivity index (χ4n) is 5.82.